The van der Waals surface area contributed by atoms with Crippen molar-refractivity contribution < 1.29 is 22.8 Å². The standard InChI is InChI=1S/C15H22N2O5S/c18-12(16-11-4-7-23(21,22)10-11)9-17-13(19)8-15(14(17)20)5-2-1-3-6-15/h11H,1-10H2,(H,16,18)/t11-/m0/s1. The van der Waals surface area contributed by atoms with Gasteiger partial charge in [-0.2, -0.15) is 0 Å². The molecule has 1 N–H and O–H groups in total. The van der Waals surface area contributed by atoms with Gasteiger partial charge in [0.25, 0.3) is 0 Å². The Balaban J connectivity index is 1.60. The Labute approximate surface area is 135 Å². The topological polar surface area (TPSA) is 101 Å². The predicted octanol–water partition coefficient (Wildman–Crippen LogP) is -0.000900. The Bertz CT molecular complexity index is 636. The lowest BCUT2D eigenvalue weighted by Gasteiger charge is -2.30. The second kappa shape index (κ2) is 5.89. The smallest absolute Gasteiger partial charge is 0.240 e. The minimum Gasteiger partial charge on any atom is -0.351 e. The largest absolute Gasteiger partial charge is 0.351 e. The van der Waals surface area contributed by atoms with E-state index in [2.05, 4.69) is 5.32 Å². The summed E-state index contributed by atoms with van der Waals surface area (Å²) in [7, 11) is -3.07. The maximum absolute atomic E-state index is 12.6. The molecule has 0 aromatic carbocycles. The van der Waals surface area contributed by atoms with Gasteiger partial charge in [0.15, 0.2) is 9.84 Å². The van der Waals surface area contributed by atoms with Crippen molar-refractivity contribution in [1.29, 1.82) is 0 Å². The van der Waals surface area contributed by atoms with Gasteiger partial charge in [0.05, 0.1) is 16.9 Å². The Hall–Kier alpha value is -1.44. The fourth-order valence-corrected chi connectivity index (χ4v) is 5.64. The highest BCUT2D eigenvalue weighted by molar-refractivity contribution is 7.91. The zero-order chi connectivity index (χ0) is 16.7. The molecule has 0 unspecified atom stereocenters. The van der Waals surface area contributed by atoms with Crippen LogP contribution in [-0.2, 0) is 24.2 Å². The van der Waals surface area contributed by atoms with Gasteiger partial charge in [-0.3, -0.25) is 19.3 Å². The molecule has 0 radical (unpaired) electrons. The summed E-state index contributed by atoms with van der Waals surface area (Å²) in [5.74, 6) is -0.961. The zero-order valence-corrected chi connectivity index (χ0v) is 13.9. The van der Waals surface area contributed by atoms with Crippen molar-refractivity contribution in [3.63, 3.8) is 0 Å². The minimum atomic E-state index is -3.07. The highest BCUT2D eigenvalue weighted by Crippen LogP contribution is 2.45. The number of likely N-dealkylation sites (tertiary alicyclic amines) is 1. The summed E-state index contributed by atoms with van der Waals surface area (Å²) >= 11 is 0. The lowest BCUT2D eigenvalue weighted by atomic mass is 9.73. The summed E-state index contributed by atoms with van der Waals surface area (Å²) < 4.78 is 22.8. The van der Waals surface area contributed by atoms with Gasteiger partial charge >= 0.3 is 0 Å². The SMILES string of the molecule is O=C(CN1C(=O)CC2(CCCCC2)C1=O)N[C@H]1CCS(=O)(=O)C1. The number of carbonyl (C=O) groups is 3. The van der Waals surface area contributed by atoms with E-state index in [9.17, 15) is 22.8 Å². The molecule has 23 heavy (non-hydrogen) atoms. The third-order valence-corrected chi connectivity index (χ3v) is 6.97. The number of rotatable bonds is 3. The average molecular weight is 342 g/mol. The van der Waals surface area contributed by atoms with E-state index in [1.54, 1.807) is 0 Å². The molecule has 3 fully saturated rings. The van der Waals surface area contributed by atoms with Crippen LogP contribution < -0.4 is 5.32 Å². The van der Waals surface area contributed by atoms with Crippen molar-refractivity contribution in [3.05, 3.63) is 0 Å². The number of imide groups is 1. The molecule has 2 aliphatic heterocycles. The normalized spacial score (nSPS) is 29.2. The molecule has 0 bridgehead atoms. The predicted molar refractivity (Wildman–Crippen MR) is 82.1 cm³/mol. The highest BCUT2D eigenvalue weighted by Gasteiger charge is 2.51. The lowest BCUT2D eigenvalue weighted by molar-refractivity contribution is -0.145. The van der Waals surface area contributed by atoms with Gasteiger partial charge in [0.2, 0.25) is 17.7 Å². The number of hydrogen-bond acceptors (Lipinski definition) is 5. The first-order chi connectivity index (χ1) is 10.8. The third-order valence-electron chi connectivity index (χ3n) is 5.20. The van der Waals surface area contributed by atoms with Crippen molar-refractivity contribution >= 4 is 27.6 Å². The fraction of sp³-hybridized carbons (Fsp3) is 0.800. The second-order valence-corrected chi connectivity index (χ2v) is 9.20. The van der Waals surface area contributed by atoms with Crippen LogP contribution in [0.5, 0.6) is 0 Å². The summed E-state index contributed by atoms with van der Waals surface area (Å²) in [5, 5.41) is 2.63. The van der Waals surface area contributed by atoms with E-state index in [-0.39, 0.29) is 36.3 Å². The molecule has 8 heteroatoms. The molecule has 1 spiro atoms. The monoisotopic (exact) mass is 342 g/mol. The minimum absolute atomic E-state index is 0.0649. The van der Waals surface area contributed by atoms with Crippen LogP contribution in [0.15, 0.2) is 0 Å². The first kappa shape index (κ1) is 16.4. The quantitative estimate of drug-likeness (QED) is 0.728. The Morgan fingerprint density at radius 1 is 1.22 bits per heavy atom. The molecular formula is C15H22N2O5S. The number of nitrogens with zero attached hydrogens (tertiary/aromatic N) is 1. The van der Waals surface area contributed by atoms with Gasteiger partial charge in [0, 0.05) is 12.5 Å². The highest BCUT2D eigenvalue weighted by atomic mass is 32.2. The van der Waals surface area contributed by atoms with Crippen LogP contribution in [0.25, 0.3) is 0 Å². The molecule has 3 aliphatic rings. The van der Waals surface area contributed by atoms with Gasteiger partial charge in [-0.1, -0.05) is 19.3 Å². The molecule has 128 valence electrons. The van der Waals surface area contributed by atoms with E-state index in [4.69, 9.17) is 0 Å². The maximum atomic E-state index is 12.6. The van der Waals surface area contributed by atoms with Crippen molar-refractivity contribution in [3.8, 4) is 0 Å². The average Bonchev–Trinajstić information content (AvgIpc) is 2.92. The second-order valence-electron chi connectivity index (χ2n) is 6.97. The molecule has 2 saturated heterocycles. The Morgan fingerprint density at radius 3 is 2.52 bits per heavy atom. The zero-order valence-electron chi connectivity index (χ0n) is 13.0. The number of carbonyl (C=O) groups excluding carboxylic acids is 3. The van der Waals surface area contributed by atoms with Gasteiger partial charge < -0.3 is 5.32 Å². The lowest BCUT2D eigenvalue weighted by Crippen LogP contribution is -2.45. The van der Waals surface area contributed by atoms with E-state index in [0.717, 1.165) is 37.0 Å². The van der Waals surface area contributed by atoms with Crippen LogP contribution in [0, 0.1) is 5.41 Å². The van der Waals surface area contributed by atoms with Crippen LogP contribution in [0.2, 0.25) is 0 Å². The summed E-state index contributed by atoms with van der Waals surface area (Å²) in [6.07, 6.45) is 5.00. The van der Waals surface area contributed by atoms with Crippen LogP contribution >= 0.6 is 0 Å². The summed E-state index contributed by atoms with van der Waals surface area (Å²) in [6, 6.07) is -0.413. The number of sulfone groups is 1. The van der Waals surface area contributed by atoms with Gasteiger partial charge in [-0.15, -0.1) is 0 Å². The summed E-state index contributed by atoms with van der Waals surface area (Å²) in [4.78, 5) is 37.9. The molecule has 1 saturated carbocycles. The number of hydrogen-bond donors (Lipinski definition) is 1. The molecule has 1 aliphatic carbocycles. The van der Waals surface area contributed by atoms with Crippen molar-refractivity contribution in [1.82, 2.24) is 10.2 Å². The first-order valence-electron chi connectivity index (χ1n) is 8.16. The number of nitrogens with one attached hydrogen (secondary N) is 1. The molecular weight excluding hydrogens is 320 g/mol. The van der Waals surface area contributed by atoms with E-state index in [1.807, 2.05) is 0 Å². The van der Waals surface area contributed by atoms with Crippen molar-refractivity contribution in [2.75, 3.05) is 18.1 Å². The molecule has 1 atom stereocenters. The summed E-state index contributed by atoms with van der Waals surface area (Å²) in [5.41, 5.74) is -0.591. The van der Waals surface area contributed by atoms with E-state index in [0.29, 0.717) is 6.42 Å². The Kier molecular flexibility index (Phi) is 4.20. The molecule has 0 aromatic heterocycles. The van der Waals surface area contributed by atoms with E-state index in [1.165, 1.54) is 0 Å². The van der Waals surface area contributed by atoms with Gasteiger partial charge in [-0.05, 0) is 19.3 Å². The van der Waals surface area contributed by atoms with E-state index >= 15 is 0 Å². The molecule has 0 aromatic rings. The van der Waals surface area contributed by atoms with Crippen LogP contribution in [0.1, 0.15) is 44.9 Å². The Morgan fingerprint density at radius 2 is 1.91 bits per heavy atom. The van der Waals surface area contributed by atoms with Gasteiger partial charge in [0.1, 0.15) is 6.54 Å². The summed E-state index contributed by atoms with van der Waals surface area (Å²) in [6.45, 7) is -0.296. The van der Waals surface area contributed by atoms with Crippen LogP contribution in [-0.4, -0.2) is 55.1 Å². The van der Waals surface area contributed by atoms with Gasteiger partial charge in [-0.25, -0.2) is 8.42 Å². The number of amides is 3. The van der Waals surface area contributed by atoms with Crippen LogP contribution in [0.4, 0.5) is 0 Å². The van der Waals surface area contributed by atoms with Crippen LogP contribution in [0.3, 0.4) is 0 Å². The van der Waals surface area contributed by atoms with Crippen molar-refractivity contribution in [2.45, 2.75) is 51.0 Å². The third kappa shape index (κ3) is 3.27. The molecule has 3 amide bonds. The molecule has 2 heterocycles. The molecule has 7 nitrogen and oxygen atoms in total. The van der Waals surface area contributed by atoms with Crippen molar-refractivity contribution in [2.24, 2.45) is 5.41 Å². The maximum Gasteiger partial charge on any atom is 0.240 e. The van der Waals surface area contributed by atoms with E-state index < -0.39 is 27.2 Å². The first-order valence-corrected chi connectivity index (χ1v) is 9.98. The fourth-order valence-electron chi connectivity index (χ4n) is 3.97. The molecule has 3 rings (SSSR count).